The van der Waals surface area contributed by atoms with Crippen LogP contribution in [0.5, 0.6) is 0 Å². The molecule has 0 bridgehead atoms. The minimum absolute atomic E-state index is 0.0213. The van der Waals surface area contributed by atoms with Crippen molar-refractivity contribution >= 4 is 0 Å². The summed E-state index contributed by atoms with van der Waals surface area (Å²) in [6.07, 6.45) is 0.850. The highest BCUT2D eigenvalue weighted by Gasteiger charge is 2.20. The predicted octanol–water partition coefficient (Wildman–Crippen LogP) is 2.44. The number of aryl methyl sites for hydroxylation is 1. The van der Waals surface area contributed by atoms with Crippen molar-refractivity contribution in [2.75, 3.05) is 20.3 Å². The second kappa shape index (κ2) is 7.43. The van der Waals surface area contributed by atoms with Gasteiger partial charge in [-0.05, 0) is 24.5 Å². The first kappa shape index (κ1) is 14.2. The second-order valence-electron chi connectivity index (χ2n) is 4.21. The van der Waals surface area contributed by atoms with Gasteiger partial charge in [0.15, 0.2) is 0 Å². The fourth-order valence-corrected chi connectivity index (χ4v) is 1.82. The minimum atomic E-state index is -0.0450. The minimum Gasteiger partial charge on any atom is -0.382 e. The van der Waals surface area contributed by atoms with Gasteiger partial charge in [-0.1, -0.05) is 31.2 Å². The van der Waals surface area contributed by atoms with Gasteiger partial charge in [0.2, 0.25) is 0 Å². The Bertz CT molecular complexity index is 328. The van der Waals surface area contributed by atoms with Gasteiger partial charge in [-0.3, -0.25) is 0 Å². The van der Waals surface area contributed by atoms with Crippen LogP contribution in [0.3, 0.4) is 0 Å². The van der Waals surface area contributed by atoms with Crippen LogP contribution in [0.25, 0.3) is 0 Å². The summed E-state index contributed by atoms with van der Waals surface area (Å²) in [6, 6.07) is 8.25. The number of nitrogens with two attached hydrogens (primary N) is 1. The zero-order valence-corrected chi connectivity index (χ0v) is 11.0. The summed E-state index contributed by atoms with van der Waals surface area (Å²) in [6.45, 7) is 5.34. The Kier molecular flexibility index (Phi) is 6.19. The van der Waals surface area contributed by atoms with E-state index >= 15 is 0 Å². The zero-order chi connectivity index (χ0) is 12.7. The molecule has 1 rings (SSSR count). The van der Waals surface area contributed by atoms with Gasteiger partial charge in [-0.15, -0.1) is 0 Å². The lowest BCUT2D eigenvalue weighted by Crippen LogP contribution is -2.30. The van der Waals surface area contributed by atoms with Crippen molar-refractivity contribution in [2.45, 2.75) is 32.4 Å². The van der Waals surface area contributed by atoms with Crippen LogP contribution in [0.1, 0.15) is 30.6 Å². The maximum Gasteiger partial charge on any atom is 0.0979 e. The van der Waals surface area contributed by atoms with Crippen molar-refractivity contribution in [1.82, 2.24) is 0 Å². The van der Waals surface area contributed by atoms with Crippen molar-refractivity contribution in [1.29, 1.82) is 0 Å². The van der Waals surface area contributed by atoms with Gasteiger partial charge >= 0.3 is 0 Å². The van der Waals surface area contributed by atoms with E-state index in [-0.39, 0.29) is 12.1 Å². The maximum atomic E-state index is 6.13. The third-order valence-electron chi connectivity index (χ3n) is 2.94. The highest BCUT2D eigenvalue weighted by atomic mass is 16.5. The summed E-state index contributed by atoms with van der Waals surface area (Å²) in [4.78, 5) is 0. The quantitative estimate of drug-likeness (QED) is 0.741. The largest absolute Gasteiger partial charge is 0.382 e. The first-order chi connectivity index (χ1) is 8.20. The molecule has 0 aromatic heterocycles. The van der Waals surface area contributed by atoms with E-state index in [4.69, 9.17) is 15.2 Å². The lowest BCUT2D eigenvalue weighted by Gasteiger charge is -2.25. The molecular formula is C14H23NO2. The normalized spacial score (nSPS) is 14.6. The highest BCUT2D eigenvalue weighted by molar-refractivity contribution is 5.28. The molecule has 1 aromatic carbocycles. The summed E-state index contributed by atoms with van der Waals surface area (Å²) in [7, 11) is 1.67. The number of ether oxygens (including phenoxy) is 2. The molecule has 2 atom stereocenters. The van der Waals surface area contributed by atoms with Gasteiger partial charge in [-0.2, -0.15) is 0 Å². The maximum absolute atomic E-state index is 6.13. The summed E-state index contributed by atoms with van der Waals surface area (Å²) in [5.41, 5.74) is 8.53. The molecule has 0 radical (unpaired) electrons. The Morgan fingerprint density at radius 1 is 1.24 bits per heavy atom. The molecule has 2 unspecified atom stereocenters. The Labute approximate surface area is 104 Å². The van der Waals surface area contributed by atoms with Crippen molar-refractivity contribution in [3.05, 3.63) is 35.4 Å². The highest BCUT2D eigenvalue weighted by Crippen LogP contribution is 2.24. The van der Waals surface area contributed by atoms with E-state index in [1.54, 1.807) is 7.11 Å². The Balaban J connectivity index is 2.79. The fraction of sp³-hybridized carbons (Fsp3) is 0.571. The Morgan fingerprint density at radius 2 is 1.94 bits per heavy atom. The number of hydrogen-bond donors (Lipinski definition) is 1. The molecule has 0 aliphatic heterocycles. The first-order valence-electron chi connectivity index (χ1n) is 6.12. The molecule has 17 heavy (non-hydrogen) atoms. The average Bonchev–Trinajstić information content (AvgIpc) is 2.35. The summed E-state index contributed by atoms with van der Waals surface area (Å²) in [5.74, 6) is 0. The number of benzene rings is 1. The molecule has 0 heterocycles. The third-order valence-corrected chi connectivity index (χ3v) is 2.94. The van der Waals surface area contributed by atoms with Gasteiger partial charge in [-0.25, -0.2) is 0 Å². The average molecular weight is 237 g/mol. The van der Waals surface area contributed by atoms with Crippen LogP contribution in [-0.2, 0) is 9.47 Å². The molecule has 0 spiro atoms. The van der Waals surface area contributed by atoms with E-state index in [0.717, 1.165) is 6.42 Å². The molecule has 0 aliphatic rings. The number of hydrogen-bond acceptors (Lipinski definition) is 3. The van der Waals surface area contributed by atoms with E-state index in [1.165, 1.54) is 11.1 Å². The molecule has 3 heteroatoms. The van der Waals surface area contributed by atoms with Crippen molar-refractivity contribution in [3.63, 3.8) is 0 Å². The Morgan fingerprint density at radius 3 is 2.53 bits per heavy atom. The molecule has 0 saturated heterocycles. The van der Waals surface area contributed by atoms with Crippen LogP contribution in [0.2, 0.25) is 0 Å². The van der Waals surface area contributed by atoms with Gasteiger partial charge < -0.3 is 15.2 Å². The Hall–Kier alpha value is -0.900. The second-order valence-corrected chi connectivity index (χ2v) is 4.21. The number of methoxy groups -OCH3 is 1. The lowest BCUT2D eigenvalue weighted by atomic mass is 9.97. The predicted molar refractivity (Wildman–Crippen MR) is 70.0 cm³/mol. The summed E-state index contributed by atoms with van der Waals surface area (Å²) < 4.78 is 10.9. The smallest absolute Gasteiger partial charge is 0.0979 e. The molecule has 96 valence electrons. The van der Waals surface area contributed by atoms with Crippen molar-refractivity contribution in [2.24, 2.45) is 5.73 Å². The molecule has 1 aromatic rings. The van der Waals surface area contributed by atoms with Crippen LogP contribution in [0.4, 0.5) is 0 Å². The molecule has 0 aliphatic carbocycles. The zero-order valence-electron chi connectivity index (χ0n) is 11.0. The summed E-state index contributed by atoms with van der Waals surface area (Å²) in [5, 5.41) is 0. The fourth-order valence-electron chi connectivity index (χ4n) is 1.82. The van der Waals surface area contributed by atoms with E-state index in [9.17, 15) is 0 Å². The van der Waals surface area contributed by atoms with E-state index < -0.39 is 0 Å². The molecule has 0 fully saturated rings. The SMILES string of the molecule is CCC(N)C(OCCOC)c1ccccc1C. The molecule has 0 saturated carbocycles. The van der Waals surface area contributed by atoms with Crippen molar-refractivity contribution in [3.8, 4) is 0 Å². The van der Waals surface area contributed by atoms with Crippen LogP contribution >= 0.6 is 0 Å². The molecular weight excluding hydrogens is 214 g/mol. The van der Waals surface area contributed by atoms with Crippen LogP contribution in [0, 0.1) is 6.92 Å². The lowest BCUT2D eigenvalue weighted by molar-refractivity contribution is 0.00243. The van der Waals surface area contributed by atoms with Gasteiger partial charge in [0.1, 0.15) is 0 Å². The first-order valence-corrected chi connectivity index (χ1v) is 6.12. The monoisotopic (exact) mass is 237 g/mol. The van der Waals surface area contributed by atoms with Gasteiger partial charge in [0.05, 0.1) is 19.3 Å². The van der Waals surface area contributed by atoms with E-state index in [0.29, 0.717) is 13.2 Å². The van der Waals surface area contributed by atoms with Crippen LogP contribution < -0.4 is 5.73 Å². The third kappa shape index (κ3) is 4.11. The molecule has 2 N–H and O–H groups in total. The van der Waals surface area contributed by atoms with Crippen molar-refractivity contribution < 1.29 is 9.47 Å². The topological polar surface area (TPSA) is 44.5 Å². The van der Waals surface area contributed by atoms with Gasteiger partial charge in [0.25, 0.3) is 0 Å². The van der Waals surface area contributed by atoms with E-state index in [2.05, 4.69) is 26.0 Å². The van der Waals surface area contributed by atoms with Gasteiger partial charge in [0, 0.05) is 13.2 Å². The molecule has 3 nitrogen and oxygen atoms in total. The summed E-state index contributed by atoms with van der Waals surface area (Å²) >= 11 is 0. The molecule has 0 amide bonds. The van der Waals surface area contributed by atoms with Crippen LogP contribution in [-0.4, -0.2) is 26.4 Å². The van der Waals surface area contributed by atoms with Crippen LogP contribution in [0.15, 0.2) is 24.3 Å². The number of rotatable bonds is 7. The standard InChI is InChI=1S/C14H23NO2/c1-4-13(15)14(17-10-9-16-3)12-8-6-5-7-11(12)2/h5-8,13-14H,4,9-10,15H2,1-3H3. The van der Waals surface area contributed by atoms with E-state index in [1.807, 2.05) is 12.1 Å².